The third-order valence-electron chi connectivity index (χ3n) is 2.78. The highest BCUT2D eigenvalue weighted by molar-refractivity contribution is 6.31. The number of halogens is 1. The first-order valence-electron chi connectivity index (χ1n) is 6.36. The van der Waals surface area contributed by atoms with Gasteiger partial charge in [-0.25, -0.2) is 0 Å². The fourth-order valence-electron chi connectivity index (χ4n) is 1.84. The molecule has 4 heteroatoms. The van der Waals surface area contributed by atoms with Crippen molar-refractivity contribution in [1.82, 2.24) is 0 Å². The predicted molar refractivity (Wildman–Crippen MR) is 78.6 cm³/mol. The Labute approximate surface area is 115 Å². The van der Waals surface area contributed by atoms with Gasteiger partial charge in [0.2, 0.25) is 0 Å². The van der Waals surface area contributed by atoms with Crippen LogP contribution in [0.15, 0.2) is 18.2 Å². The summed E-state index contributed by atoms with van der Waals surface area (Å²) in [6, 6.07) is 5.96. The second-order valence-corrected chi connectivity index (χ2v) is 5.02. The Balaban J connectivity index is 2.71. The van der Waals surface area contributed by atoms with Gasteiger partial charge in [-0.3, -0.25) is 0 Å². The Morgan fingerprint density at radius 1 is 1.39 bits per heavy atom. The molecule has 102 valence electrons. The number of nitrogens with zero attached hydrogens (tertiary/aromatic N) is 1. The third kappa shape index (κ3) is 4.48. The van der Waals surface area contributed by atoms with E-state index in [1.54, 1.807) is 0 Å². The number of nitrogens with two attached hydrogens (primary N) is 1. The summed E-state index contributed by atoms with van der Waals surface area (Å²) in [5, 5.41) is 0.787. The maximum Gasteiger partial charge on any atom is 0.0644 e. The maximum atomic E-state index is 6.22. The molecule has 0 radical (unpaired) electrons. The molecule has 0 aromatic heterocycles. The minimum atomic E-state index is 0.265. The second kappa shape index (κ2) is 7.62. The lowest BCUT2D eigenvalue weighted by Crippen LogP contribution is -2.25. The minimum Gasteiger partial charge on any atom is -0.377 e. The SMILES string of the molecule is CC(C)OCCN(C)c1cccc(Cl)c1CCN. The van der Waals surface area contributed by atoms with Gasteiger partial charge in [-0.1, -0.05) is 17.7 Å². The zero-order chi connectivity index (χ0) is 13.5. The Kier molecular flexibility index (Phi) is 6.47. The quantitative estimate of drug-likeness (QED) is 0.828. The lowest BCUT2D eigenvalue weighted by Gasteiger charge is -2.23. The fraction of sp³-hybridized carbons (Fsp3) is 0.571. The molecular weight excluding hydrogens is 248 g/mol. The van der Waals surface area contributed by atoms with Crippen LogP contribution in [0.25, 0.3) is 0 Å². The van der Waals surface area contributed by atoms with Crippen molar-refractivity contribution in [3.63, 3.8) is 0 Å². The van der Waals surface area contributed by atoms with Crippen LogP contribution in [0, 0.1) is 0 Å². The molecule has 3 nitrogen and oxygen atoms in total. The summed E-state index contributed by atoms with van der Waals surface area (Å²) in [6.45, 7) is 6.24. The third-order valence-corrected chi connectivity index (χ3v) is 3.13. The van der Waals surface area contributed by atoms with Gasteiger partial charge >= 0.3 is 0 Å². The second-order valence-electron chi connectivity index (χ2n) is 4.62. The van der Waals surface area contributed by atoms with Crippen LogP contribution >= 0.6 is 11.6 Å². The highest BCUT2D eigenvalue weighted by Gasteiger charge is 2.10. The van der Waals surface area contributed by atoms with Crippen LogP contribution < -0.4 is 10.6 Å². The molecule has 1 rings (SSSR count). The standard InChI is InChI=1S/C14H23ClN2O/c1-11(2)18-10-9-17(3)14-6-4-5-13(15)12(14)7-8-16/h4-6,11H,7-10,16H2,1-3H3. The molecular formula is C14H23ClN2O. The van der Waals surface area contributed by atoms with Crippen molar-refractivity contribution >= 4 is 17.3 Å². The predicted octanol–water partition coefficient (Wildman–Crippen LogP) is 2.70. The van der Waals surface area contributed by atoms with E-state index in [2.05, 4.69) is 18.0 Å². The van der Waals surface area contributed by atoms with Gasteiger partial charge in [0.15, 0.2) is 0 Å². The molecule has 0 spiro atoms. The first-order valence-corrected chi connectivity index (χ1v) is 6.74. The molecule has 0 unspecified atom stereocenters. The maximum absolute atomic E-state index is 6.22. The van der Waals surface area contributed by atoms with Crippen LogP contribution in [0.3, 0.4) is 0 Å². The smallest absolute Gasteiger partial charge is 0.0644 e. The zero-order valence-corrected chi connectivity index (χ0v) is 12.2. The van der Waals surface area contributed by atoms with Gasteiger partial charge in [0, 0.05) is 24.3 Å². The highest BCUT2D eigenvalue weighted by Crippen LogP contribution is 2.27. The first kappa shape index (κ1) is 15.3. The number of hydrogen-bond acceptors (Lipinski definition) is 3. The lowest BCUT2D eigenvalue weighted by atomic mass is 10.1. The van der Waals surface area contributed by atoms with E-state index in [9.17, 15) is 0 Å². The summed E-state index contributed by atoms with van der Waals surface area (Å²) < 4.78 is 5.56. The van der Waals surface area contributed by atoms with E-state index >= 15 is 0 Å². The Morgan fingerprint density at radius 3 is 2.72 bits per heavy atom. The summed E-state index contributed by atoms with van der Waals surface area (Å²) in [6.07, 6.45) is 1.06. The number of hydrogen-bond donors (Lipinski definition) is 1. The Morgan fingerprint density at radius 2 is 2.11 bits per heavy atom. The number of likely N-dealkylation sites (N-methyl/N-ethyl adjacent to an activating group) is 1. The molecule has 2 N–H and O–H groups in total. The summed E-state index contributed by atoms with van der Waals surface area (Å²) in [4.78, 5) is 2.17. The van der Waals surface area contributed by atoms with Crippen molar-refractivity contribution in [3.8, 4) is 0 Å². The van der Waals surface area contributed by atoms with Gasteiger partial charge in [0.05, 0.1) is 12.7 Å². The molecule has 0 saturated heterocycles. The van der Waals surface area contributed by atoms with Crippen LogP contribution in [-0.4, -0.2) is 32.8 Å². The van der Waals surface area contributed by atoms with Crippen molar-refractivity contribution in [1.29, 1.82) is 0 Å². The normalized spacial score (nSPS) is 11.0. The fourth-order valence-corrected chi connectivity index (χ4v) is 2.11. The van der Waals surface area contributed by atoms with Crippen molar-refractivity contribution in [2.24, 2.45) is 5.73 Å². The summed E-state index contributed by atoms with van der Waals surface area (Å²) in [5.41, 5.74) is 7.89. The molecule has 0 aliphatic heterocycles. The molecule has 1 aromatic carbocycles. The van der Waals surface area contributed by atoms with Gasteiger partial charge in [-0.15, -0.1) is 0 Å². The summed E-state index contributed by atoms with van der Waals surface area (Å²) >= 11 is 6.22. The molecule has 18 heavy (non-hydrogen) atoms. The Hall–Kier alpha value is -0.770. The Bertz CT molecular complexity index is 369. The van der Waals surface area contributed by atoms with E-state index in [1.807, 2.05) is 26.0 Å². The van der Waals surface area contributed by atoms with Crippen molar-refractivity contribution in [2.45, 2.75) is 26.4 Å². The molecule has 0 aliphatic carbocycles. The van der Waals surface area contributed by atoms with Gasteiger partial charge in [-0.2, -0.15) is 0 Å². The van der Waals surface area contributed by atoms with Gasteiger partial charge < -0.3 is 15.4 Å². The molecule has 0 aliphatic rings. The first-order chi connectivity index (χ1) is 8.56. The topological polar surface area (TPSA) is 38.5 Å². The van der Waals surface area contributed by atoms with Crippen LogP contribution in [0.2, 0.25) is 5.02 Å². The number of anilines is 1. The van der Waals surface area contributed by atoms with E-state index in [-0.39, 0.29) is 6.10 Å². The van der Waals surface area contributed by atoms with E-state index in [4.69, 9.17) is 22.1 Å². The van der Waals surface area contributed by atoms with E-state index in [1.165, 1.54) is 0 Å². The lowest BCUT2D eigenvalue weighted by molar-refractivity contribution is 0.0846. The van der Waals surface area contributed by atoms with Crippen molar-refractivity contribution in [2.75, 3.05) is 31.6 Å². The highest BCUT2D eigenvalue weighted by atomic mass is 35.5. The zero-order valence-electron chi connectivity index (χ0n) is 11.4. The summed E-state index contributed by atoms with van der Waals surface area (Å²) in [7, 11) is 2.05. The van der Waals surface area contributed by atoms with E-state index < -0.39 is 0 Å². The van der Waals surface area contributed by atoms with Crippen LogP contribution in [0.1, 0.15) is 19.4 Å². The number of benzene rings is 1. The number of rotatable bonds is 7. The van der Waals surface area contributed by atoms with E-state index in [0.717, 1.165) is 29.2 Å². The number of ether oxygens (including phenoxy) is 1. The molecule has 0 saturated carbocycles. The van der Waals surface area contributed by atoms with Crippen LogP contribution in [-0.2, 0) is 11.2 Å². The average molecular weight is 271 g/mol. The molecule has 0 atom stereocenters. The van der Waals surface area contributed by atoms with Crippen molar-refractivity contribution in [3.05, 3.63) is 28.8 Å². The van der Waals surface area contributed by atoms with Gasteiger partial charge in [-0.05, 0) is 44.5 Å². The van der Waals surface area contributed by atoms with Crippen LogP contribution in [0.5, 0.6) is 0 Å². The largest absolute Gasteiger partial charge is 0.377 e. The molecule has 0 heterocycles. The van der Waals surface area contributed by atoms with Crippen molar-refractivity contribution < 1.29 is 4.74 Å². The van der Waals surface area contributed by atoms with Gasteiger partial charge in [0.1, 0.15) is 0 Å². The average Bonchev–Trinajstić information content (AvgIpc) is 2.31. The minimum absolute atomic E-state index is 0.265. The summed E-state index contributed by atoms with van der Waals surface area (Å²) in [5.74, 6) is 0. The molecule has 0 fully saturated rings. The van der Waals surface area contributed by atoms with Crippen LogP contribution in [0.4, 0.5) is 5.69 Å². The van der Waals surface area contributed by atoms with Gasteiger partial charge in [0.25, 0.3) is 0 Å². The monoisotopic (exact) mass is 270 g/mol. The van der Waals surface area contributed by atoms with E-state index in [0.29, 0.717) is 13.2 Å². The molecule has 0 amide bonds. The molecule has 0 bridgehead atoms. The molecule has 1 aromatic rings.